The third-order valence-electron chi connectivity index (χ3n) is 5.30. The zero-order valence-corrected chi connectivity index (χ0v) is 19.2. The molecule has 6 heteroatoms. The molecule has 33 heavy (non-hydrogen) atoms. The van der Waals surface area contributed by atoms with Crippen LogP contribution in [-0.2, 0) is 10.0 Å². The van der Waals surface area contributed by atoms with Crippen molar-refractivity contribution < 1.29 is 13.2 Å². The number of carbonyl (C=O) groups excluding carboxylic acids is 1. The van der Waals surface area contributed by atoms with E-state index in [1.165, 1.54) is 12.1 Å². The molecule has 0 saturated carbocycles. The summed E-state index contributed by atoms with van der Waals surface area (Å²) in [5, 5.41) is 2.92. The summed E-state index contributed by atoms with van der Waals surface area (Å²) in [5.74, 6) is -0.387. The van der Waals surface area contributed by atoms with Gasteiger partial charge < -0.3 is 5.32 Å². The maximum absolute atomic E-state index is 13.0. The zero-order chi connectivity index (χ0) is 23.4. The molecule has 4 aromatic rings. The number of carbonyl (C=O) groups is 1. The topological polar surface area (TPSA) is 75.3 Å². The summed E-state index contributed by atoms with van der Waals surface area (Å²) in [7, 11) is -3.86. The minimum atomic E-state index is -3.86. The van der Waals surface area contributed by atoms with Gasteiger partial charge in [-0.25, -0.2) is 8.42 Å². The molecule has 0 heterocycles. The highest BCUT2D eigenvalue weighted by atomic mass is 32.2. The van der Waals surface area contributed by atoms with Gasteiger partial charge >= 0.3 is 0 Å². The number of rotatable bonds is 6. The van der Waals surface area contributed by atoms with Crippen LogP contribution in [0.4, 0.5) is 11.4 Å². The highest BCUT2D eigenvalue weighted by molar-refractivity contribution is 7.92. The van der Waals surface area contributed by atoms with Gasteiger partial charge in [-0.15, -0.1) is 0 Å². The van der Waals surface area contributed by atoms with Crippen molar-refractivity contribution in [1.29, 1.82) is 0 Å². The molecule has 166 valence electrons. The van der Waals surface area contributed by atoms with Gasteiger partial charge in [0.15, 0.2) is 0 Å². The molecule has 1 amide bonds. The van der Waals surface area contributed by atoms with Gasteiger partial charge in [0, 0.05) is 16.8 Å². The van der Waals surface area contributed by atoms with Crippen LogP contribution < -0.4 is 10.0 Å². The van der Waals surface area contributed by atoms with Gasteiger partial charge in [-0.05, 0) is 60.9 Å². The lowest BCUT2D eigenvalue weighted by molar-refractivity contribution is 0.102. The molecule has 0 aliphatic carbocycles. The molecule has 0 unspecified atom stereocenters. The van der Waals surface area contributed by atoms with Gasteiger partial charge in [-0.3, -0.25) is 9.52 Å². The van der Waals surface area contributed by atoms with Crippen LogP contribution in [-0.4, -0.2) is 14.3 Å². The molecule has 2 N–H and O–H groups in total. The molecule has 0 radical (unpaired) electrons. The average Bonchev–Trinajstić information content (AvgIpc) is 2.82. The van der Waals surface area contributed by atoms with Gasteiger partial charge in [-0.2, -0.15) is 0 Å². The number of para-hydroxylation sites is 1. The lowest BCUT2D eigenvalue weighted by atomic mass is 10.0. The van der Waals surface area contributed by atoms with E-state index in [1.54, 1.807) is 18.2 Å². The first kappa shape index (κ1) is 22.3. The van der Waals surface area contributed by atoms with Crippen molar-refractivity contribution in [2.75, 3.05) is 10.0 Å². The van der Waals surface area contributed by atoms with E-state index >= 15 is 0 Å². The number of nitrogens with one attached hydrogen (secondary N) is 2. The zero-order valence-electron chi connectivity index (χ0n) is 18.4. The third kappa shape index (κ3) is 5.13. The summed E-state index contributed by atoms with van der Waals surface area (Å²) < 4.78 is 28.6. The van der Waals surface area contributed by atoms with E-state index < -0.39 is 10.0 Å². The van der Waals surface area contributed by atoms with Crippen molar-refractivity contribution in [2.45, 2.75) is 18.7 Å². The normalized spacial score (nSPS) is 11.1. The minimum absolute atomic E-state index is 0.0207. The number of benzene rings is 4. The van der Waals surface area contributed by atoms with Gasteiger partial charge in [0.1, 0.15) is 0 Å². The first-order valence-electron chi connectivity index (χ1n) is 10.5. The fourth-order valence-electron chi connectivity index (χ4n) is 3.51. The van der Waals surface area contributed by atoms with E-state index in [1.807, 2.05) is 80.6 Å². The van der Waals surface area contributed by atoms with Crippen LogP contribution in [0.3, 0.4) is 0 Å². The second kappa shape index (κ2) is 9.30. The van der Waals surface area contributed by atoms with E-state index in [2.05, 4.69) is 10.0 Å². The first-order chi connectivity index (χ1) is 15.8. The molecule has 0 spiro atoms. The summed E-state index contributed by atoms with van der Waals surface area (Å²) in [4.78, 5) is 13.0. The molecule has 0 aliphatic rings. The molecule has 4 rings (SSSR count). The van der Waals surface area contributed by atoms with Gasteiger partial charge in [0.05, 0.1) is 10.6 Å². The maximum atomic E-state index is 13.0. The smallest absolute Gasteiger partial charge is 0.261 e. The Bertz CT molecular complexity index is 1410. The second-order valence-corrected chi connectivity index (χ2v) is 9.50. The quantitative estimate of drug-likeness (QED) is 0.372. The van der Waals surface area contributed by atoms with Crippen LogP contribution in [0.25, 0.3) is 11.1 Å². The minimum Gasteiger partial charge on any atom is -0.321 e. The highest BCUT2D eigenvalue weighted by Gasteiger charge is 2.18. The van der Waals surface area contributed by atoms with Crippen molar-refractivity contribution in [3.8, 4) is 11.1 Å². The standard InChI is InChI=1S/C27H24N2O3S/c1-19-15-16-20(2)26(17-19)29-33(31,32)23-12-8-11-22(18-23)27(30)28-25-14-7-6-13-24(25)21-9-4-3-5-10-21/h3-18,29H,1-2H3,(H,28,30). The SMILES string of the molecule is Cc1ccc(C)c(NS(=O)(=O)c2cccc(C(=O)Nc3ccccc3-c3ccccc3)c2)c1. The number of aryl methyl sites for hydroxylation is 2. The van der Waals surface area contributed by atoms with Crippen LogP contribution in [0.1, 0.15) is 21.5 Å². The monoisotopic (exact) mass is 456 g/mol. The molecular formula is C27H24N2O3S. The molecule has 4 aromatic carbocycles. The van der Waals surface area contributed by atoms with Crippen molar-refractivity contribution in [3.05, 3.63) is 114 Å². The van der Waals surface area contributed by atoms with E-state index in [9.17, 15) is 13.2 Å². The molecule has 0 fully saturated rings. The van der Waals surface area contributed by atoms with E-state index in [0.717, 1.165) is 22.3 Å². The Labute approximate surface area is 194 Å². The van der Waals surface area contributed by atoms with Crippen molar-refractivity contribution >= 4 is 27.3 Å². The molecule has 0 bridgehead atoms. The van der Waals surface area contributed by atoms with E-state index in [-0.39, 0.29) is 16.4 Å². The number of amides is 1. The summed E-state index contributed by atoms with van der Waals surface area (Å²) in [6, 6.07) is 28.8. The lowest BCUT2D eigenvalue weighted by Gasteiger charge is -2.13. The van der Waals surface area contributed by atoms with Gasteiger partial charge in [0.25, 0.3) is 15.9 Å². The Morgan fingerprint density at radius 1 is 0.727 bits per heavy atom. The molecular weight excluding hydrogens is 432 g/mol. The summed E-state index contributed by atoms with van der Waals surface area (Å²) in [6.07, 6.45) is 0. The first-order valence-corrected chi connectivity index (χ1v) is 12.0. The van der Waals surface area contributed by atoms with Gasteiger partial charge in [0.2, 0.25) is 0 Å². The Morgan fingerprint density at radius 3 is 2.24 bits per heavy atom. The van der Waals surface area contributed by atoms with Crippen LogP contribution in [0.2, 0.25) is 0 Å². The predicted molar refractivity (Wildman–Crippen MR) is 133 cm³/mol. The second-order valence-electron chi connectivity index (χ2n) is 7.82. The number of sulfonamides is 1. The molecule has 0 aliphatic heterocycles. The van der Waals surface area contributed by atoms with Crippen molar-refractivity contribution in [3.63, 3.8) is 0 Å². The van der Waals surface area contributed by atoms with Crippen LogP contribution in [0, 0.1) is 13.8 Å². The van der Waals surface area contributed by atoms with Crippen LogP contribution in [0.15, 0.2) is 102 Å². The maximum Gasteiger partial charge on any atom is 0.261 e. The number of hydrogen-bond acceptors (Lipinski definition) is 3. The Morgan fingerprint density at radius 2 is 1.45 bits per heavy atom. The fourth-order valence-corrected chi connectivity index (χ4v) is 4.68. The van der Waals surface area contributed by atoms with Crippen LogP contribution in [0.5, 0.6) is 0 Å². The highest BCUT2D eigenvalue weighted by Crippen LogP contribution is 2.28. The van der Waals surface area contributed by atoms with E-state index in [4.69, 9.17) is 0 Å². The van der Waals surface area contributed by atoms with Crippen molar-refractivity contribution in [2.24, 2.45) is 0 Å². The Kier molecular flexibility index (Phi) is 6.29. The molecule has 0 aromatic heterocycles. The van der Waals surface area contributed by atoms with Crippen molar-refractivity contribution in [1.82, 2.24) is 0 Å². The lowest BCUT2D eigenvalue weighted by Crippen LogP contribution is -2.16. The summed E-state index contributed by atoms with van der Waals surface area (Å²) in [6.45, 7) is 3.74. The Balaban J connectivity index is 1.60. The molecule has 0 atom stereocenters. The summed E-state index contributed by atoms with van der Waals surface area (Å²) in [5.41, 5.74) is 5.03. The predicted octanol–water partition coefficient (Wildman–Crippen LogP) is 6.02. The number of anilines is 2. The number of hydrogen-bond donors (Lipinski definition) is 2. The molecule has 0 saturated heterocycles. The largest absolute Gasteiger partial charge is 0.321 e. The average molecular weight is 457 g/mol. The Hall–Kier alpha value is -3.90. The third-order valence-corrected chi connectivity index (χ3v) is 6.67. The fraction of sp³-hybridized carbons (Fsp3) is 0.0741. The van der Waals surface area contributed by atoms with Crippen LogP contribution >= 0.6 is 0 Å². The van der Waals surface area contributed by atoms with E-state index in [0.29, 0.717) is 11.4 Å². The van der Waals surface area contributed by atoms with Gasteiger partial charge in [-0.1, -0.05) is 66.7 Å². The summed E-state index contributed by atoms with van der Waals surface area (Å²) >= 11 is 0. The molecule has 5 nitrogen and oxygen atoms in total.